The Balaban J connectivity index is 1.82. The van der Waals surface area contributed by atoms with E-state index in [-0.39, 0.29) is 12.0 Å². The van der Waals surface area contributed by atoms with Crippen molar-refractivity contribution < 1.29 is 9.53 Å². The zero-order chi connectivity index (χ0) is 18.6. The Morgan fingerprint density at radius 1 is 1.36 bits per heavy atom. The molecule has 0 bridgehead atoms. The smallest absolute Gasteiger partial charge is 0.410 e. The van der Waals surface area contributed by atoms with Gasteiger partial charge >= 0.3 is 6.09 Å². The predicted molar refractivity (Wildman–Crippen MR) is 101 cm³/mol. The molecule has 2 rings (SSSR count). The van der Waals surface area contributed by atoms with Crippen molar-refractivity contribution in [2.75, 3.05) is 32.7 Å². The van der Waals surface area contributed by atoms with Crippen molar-refractivity contribution in [2.24, 2.45) is 10.7 Å². The third kappa shape index (κ3) is 5.88. The van der Waals surface area contributed by atoms with Crippen molar-refractivity contribution in [2.45, 2.75) is 46.1 Å². The predicted octanol–water partition coefficient (Wildman–Crippen LogP) is 2.42. The molecule has 1 fully saturated rings. The summed E-state index contributed by atoms with van der Waals surface area (Å²) in [7, 11) is 0. The number of ether oxygens (including phenoxy) is 1. The van der Waals surface area contributed by atoms with Crippen LogP contribution in [0.15, 0.2) is 11.2 Å². The van der Waals surface area contributed by atoms with Crippen molar-refractivity contribution in [3.8, 4) is 0 Å². The van der Waals surface area contributed by atoms with E-state index in [0.717, 1.165) is 5.01 Å². The van der Waals surface area contributed by atoms with E-state index in [0.29, 0.717) is 38.7 Å². The van der Waals surface area contributed by atoms with Crippen LogP contribution < -0.4 is 5.73 Å². The van der Waals surface area contributed by atoms with Crippen molar-refractivity contribution in [3.05, 3.63) is 16.1 Å². The lowest BCUT2D eigenvalue weighted by molar-refractivity contribution is 0.0186. The van der Waals surface area contributed by atoms with E-state index in [9.17, 15) is 4.79 Å². The highest BCUT2D eigenvalue weighted by Crippen LogP contribution is 2.21. The van der Waals surface area contributed by atoms with Crippen LogP contribution in [-0.4, -0.2) is 65.2 Å². The largest absolute Gasteiger partial charge is 0.444 e. The molecule has 1 amide bonds. The van der Waals surface area contributed by atoms with Crippen LogP contribution in [-0.2, 0) is 4.74 Å². The van der Waals surface area contributed by atoms with E-state index < -0.39 is 5.60 Å². The maximum atomic E-state index is 12.1. The summed E-state index contributed by atoms with van der Waals surface area (Å²) in [4.78, 5) is 25.9. The second-order valence-corrected chi connectivity index (χ2v) is 8.63. The molecule has 2 N–H and O–H groups in total. The summed E-state index contributed by atoms with van der Waals surface area (Å²) in [6, 6.07) is 0. The highest BCUT2D eigenvalue weighted by atomic mass is 32.1. The highest BCUT2D eigenvalue weighted by molar-refractivity contribution is 7.11. The fourth-order valence-corrected chi connectivity index (χ4v) is 3.27. The molecule has 7 nitrogen and oxygen atoms in total. The van der Waals surface area contributed by atoms with Crippen LogP contribution in [0.4, 0.5) is 4.79 Å². The lowest BCUT2D eigenvalue weighted by atomic mass is 10.2. The molecule has 0 spiro atoms. The van der Waals surface area contributed by atoms with Crippen LogP contribution in [0, 0.1) is 6.92 Å². The molecule has 0 radical (unpaired) electrons. The van der Waals surface area contributed by atoms with E-state index in [1.54, 1.807) is 16.2 Å². The van der Waals surface area contributed by atoms with Gasteiger partial charge in [0.1, 0.15) is 5.60 Å². The van der Waals surface area contributed by atoms with Crippen molar-refractivity contribution in [1.82, 2.24) is 14.8 Å². The lowest BCUT2D eigenvalue weighted by Gasteiger charge is -2.36. The third-order valence-corrected chi connectivity index (χ3v) is 4.99. The van der Waals surface area contributed by atoms with Crippen molar-refractivity contribution in [3.63, 3.8) is 0 Å². The van der Waals surface area contributed by atoms with Gasteiger partial charge in [0.05, 0.1) is 11.6 Å². The van der Waals surface area contributed by atoms with Crippen LogP contribution in [0.2, 0.25) is 0 Å². The van der Waals surface area contributed by atoms with Crippen LogP contribution in [0.25, 0.3) is 0 Å². The molecule has 0 aliphatic carbocycles. The van der Waals surface area contributed by atoms with E-state index >= 15 is 0 Å². The van der Waals surface area contributed by atoms with Gasteiger partial charge in [-0.2, -0.15) is 0 Å². The molecular weight excluding hydrogens is 338 g/mol. The Bertz CT molecular complexity index is 615. The number of aliphatic imine (C=N–C) groups is 1. The highest BCUT2D eigenvalue weighted by Gasteiger charge is 2.26. The number of nitrogens with two attached hydrogens (primary N) is 1. The Hall–Kier alpha value is -1.83. The second-order valence-electron chi connectivity index (χ2n) is 7.36. The summed E-state index contributed by atoms with van der Waals surface area (Å²) in [5, 5.41) is 1.09. The summed E-state index contributed by atoms with van der Waals surface area (Å²) in [5.41, 5.74) is 5.65. The Labute approximate surface area is 153 Å². The number of nitrogens with zero attached hydrogens (tertiary/aromatic N) is 4. The second kappa shape index (κ2) is 8.03. The van der Waals surface area contributed by atoms with Gasteiger partial charge in [0.15, 0.2) is 5.96 Å². The molecular formula is C17H29N5O2S. The molecule has 2 heterocycles. The SMILES string of the molecule is Cc1cnc(C(C)CN=C(N)N2CCN(C(=O)OC(C)(C)C)CC2)s1. The monoisotopic (exact) mass is 367 g/mol. The Morgan fingerprint density at radius 3 is 2.48 bits per heavy atom. The standard InChI is InChI=1S/C17H29N5O2S/c1-12(14-19-11-13(2)25-14)10-20-15(18)21-6-8-22(9-7-21)16(23)24-17(3,4)5/h11-12H,6-10H2,1-5H3,(H2,18,20). The third-order valence-electron chi connectivity index (χ3n) is 3.84. The number of thiazole rings is 1. The first-order chi connectivity index (χ1) is 11.7. The van der Waals surface area contributed by atoms with Crippen LogP contribution >= 0.6 is 11.3 Å². The quantitative estimate of drug-likeness (QED) is 0.655. The number of carbonyl (C=O) groups excluding carboxylic acids is 1. The summed E-state index contributed by atoms with van der Waals surface area (Å²) in [5.74, 6) is 0.782. The molecule has 8 heteroatoms. The average molecular weight is 368 g/mol. The molecule has 25 heavy (non-hydrogen) atoms. The van der Waals surface area contributed by atoms with Gasteiger partial charge in [-0.05, 0) is 27.7 Å². The molecule has 140 valence electrons. The maximum absolute atomic E-state index is 12.1. The summed E-state index contributed by atoms with van der Waals surface area (Å²) in [6.07, 6.45) is 1.62. The van der Waals surface area contributed by atoms with Gasteiger partial charge in [0.25, 0.3) is 0 Å². The number of carbonyl (C=O) groups is 1. The van der Waals surface area contributed by atoms with Gasteiger partial charge < -0.3 is 20.3 Å². The van der Waals surface area contributed by atoms with E-state index in [2.05, 4.69) is 23.8 Å². The molecule has 1 aromatic rings. The fourth-order valence-electron chi connectivity index (χ4n) is 2.45. The number of hydrogen-bond acceptors (Lipinski definition) is 5. The number of aryl methyl sites for hydroxylation is 1. The minimum absolute atomic E-state index is 0.250. The van der Waals surface area contributed by atoms with Gasteiger partial charge in [0, 0.05) is 43.2 Å². The molecule has 1 aromatic heterocycles. The van der Waals surface area contributed by atoms with Crippen molar-refractivity contribution in [1.29, 1.82) is 0 Å². The van der Waals surface area contributed by atoms with Gasteiger partial charge in [-0.15, -0.1) is 11.3 Å². The first-order valence-electron chi connectivity index (χ1n) is 8.61. The van der Waals surface area contributed by atoms with Gasteiger partial charge in [-0.1, -0.05) is 6.92 Å². The van der Waals surface area contributed by atoms with Crippen molar-refractivity contribution >= 4 is 23.4 Å². The molecule has 0 aromatic carbocycles. The Kier molecular flexibility index (Phi) is 6.26. The van der Waals surface area contributed by atoms with Gasteiger partial charge in [-0.25, -0.2) is 9.78 Å². The summed E-state index contributed by atoms with van der Waals surface area (Å²) < 4.78 is 5.40. The molecule has 1 saturated heterocycles. The molecule has 1 unspecified atom stereocenters. The molecule has 1 aliphatic rings. The van der Waals surface area contributed by atoms with Crippen LogP contribution in [0.1, 0.15) is 43.5 Å². The maximum Gasteiger partial charge on any atom is 0.410 e. The lowest BCUT2D eigenvalue weighted by Crippen LogP contribution is -2.53. The normalized spacial score (nSPS) is 17.6. The first kappa shape index (κ1) is 19.5. The molecule has 1 atom stereocenters. The van der Waals surface area contributed by atoms with Gasteiger partial charge in [-0.3, -0.25) is 4.99 Å². The minimum Gasteiger partial charge on any atom is -0.444 e. The van der Waals surface area contributed by atoms with Crippen LogP contribution in [0.3, 0.4) is 0 Å². The number of guanidine groups is 1. The topological polar surface area (TPSA) is 84.0 Å². The number of aromatic nitrogens is 1. The number of amides is 1. The van der Waals surface area contributed by atoms with E-state index in [1.165, 1.54) is 4.88 Å². The summed E-state index contributed by atoms with van der Waals surface area (Å²) >= 11 is 1.70. The number of piperazine rings is 1. The van der Waals surface area contributed by atoms with E-state index in [1.807, 2.05) is 31.9 Å². The van der Waals surface area contributed by atoms with E-state index in [4.69, 9.17) is 10.5 Å². The number of hydrogen-bond donors (Lipinski definition) is 1. The minimum atomic E-state index is -0.473. The Morgan fingerprint density at radius 2 is 1.96 bits per heavy atom. The summed E-state index contributed by atoms with van der Waals surface area (Å²) in [6.45, 7) is 12.9. The molecule has 1 aliphatic heterocycles. The first-order valence-corrected chi connectivity index (χ1v) is 9.42. The molecule has 0 saturated carbocycles. The average Bonchev–Trinajstić information content (AvgIpc) is 2.97. The zero-order valence-electron chi connectivity index (χ0n) is 15.8. The zero-order valence-corrected chi connectivity index (χ0v) is 16.6. The number of rotatable bonds is 3. The van der Waals surface area contributed by atoms with Crippen LogP contribution in [0.5, 0.6) is 0 Å². The van der Waals surface area contributed by atoms with Gasteiger partial charge in [0.2, 0.25) is 0 Å². The fraction of sp³-hybridized carbons (Fsp3) is 0.706.